The highest BCUT2D eigenvalue weighted by atomic mass is 16.4. The Morgan fingerprint density at radius 3 is 2.52 bits per heavy atom. The normalized spacial score (nSPS) is 15.8. The van der Waals surface area contributed by atoms with Crippen LogP contribution in [0.5, 0.6) is 0 Å². The molecule has 2 aliphatic rings. The zero-order chi connectivity index (χ0) is 31.1. The van der Waals surface area contributed by atoms with Gasteiger partial charge in [0.1, 0.15) is 29.1 Å². The molecule has 1 aliphatic heterocycles. The van der Waals surface area contributed by atoms with Crippen molar-refractivity contribution < 1.29 is 19.5 Å². The topological polar surface area (TPSA) is 185 Å². The fourth-order valence-corrected chi connectivity index (χ4v) is 6.16. The summed E-state index contributed by atoms with van der Waals surface area (Å²) in [5, 5.41) is 15.2. The van der Waals surface area contributed by atoms with Crippen molar-refractivity contribution in [3.05, 3.63) is 108 Å². The first-order valence-corrected chi connectivity index (χ1v) is 14.4. The molecule has 1 atom stereocenters. The number of hydrogen-bond donors (Lipinski definition) is 4. The molecule has 5 N–H and O–H groups in total. The van der Waals surface area contributed by atoms with Crippen molar-refractivity contribution in [1.29, 1.82) is 0 Å². The van der Waals surface area contributed by atoms with Crippen molar-refractivity contribution in [1.82, 2.24) is 20.6 Å². The summed E-state index contributed by atoms with van der Waals surface area (Å²) in [6, 6.07) is 10.0. The van der Waals surface area contributed by atoms with Gasteiger partial charge in [-0.3, -0.25) is 19.2 Å². The van der Waals surface area contributed by atoms with Gasteiger partial charge in [-0.15, -0.1) is 0 Å². The summed E-state index contributed by atoms with van der Waals surface area (Å²) in [6.45, 7) is 2.48. The Labute approximate surface area is 251 Å². The SMILES string of the molecule is Cc1c(C(=O)O)ccc2c1CC[C@@H]2NC(=O)c1cc(C(=O)NCc2ccc3c(c2)N(c2c(N)c(=O)c2=O)CCCC3)ncn1. The molecule has 2 heterocycles. The number of amides is 2. The first-order valence-electron chi connectivity index (χ1n) is 14.4. The molecule has 0 radical (unpaired) electrons. The molecule has 12 heteroatoms. The van der Waals surface area contributed by atoms with Crippen LogP contribution in [0.2, 0.25) is 0 Å². The molecule has 12 nitrogen and oxygen atoms in total. The number of carboxylic acids is 1. The molecule has 44 heavy (non-hydrogen) atoms. The number of hydrogen-bond acceptors (Lipinski definition) is 9. The second-order valence-corrected chi connectivity index (χ2v) is 11.1. The highest BCUT2D eigenvalue weighted by Gasteiger charge is 2.29. The van der Waals surface area contributed by atoms with Gasteiger partial charge in [-0.1, -0.05) is 18.2 Å². The predicted molar refractivity (Wildman–Crippen MR) is 162 cm³/mol. The molecule has 6 rings (SSSR count). The third-order valence-corrected chi connectivity index (χ3v) is 8.52. The van der Waals surface area contributed by atoms with Gasteiger partial charge in [-0.05, 0) is 79.0 Å². The van der Waals surface area contributed by atoms with Crippen LogP contribution in [0.3, 0.4) is 0 Å². The summed E-state index contributed by atoms with van der Waals surface area (Å²) in [4.78, 5) is 71.5. The van der Waals surface area contributed by atoms with E-state index < -0.39 is 28.6 Å². The van der Waals surface area contributed by atoms with Gasteiger partial charge >= 0.3 is 5.97 Å². The summed E-state index contributed by atoms with van der Waals surface area (Å²) >= 11 is 0. The van der Waals surface area contributed by atoms with Gasteiger partial charge in [0.2, 0.25) is 0 Å². The molecular weight excluding hydrogens is 564 g/mol. The molecule has 0 saturated heterocycles. The second-order valence-electron chi connectivity index (χ2n) is 11.1. The molecular formula is C32H30N6O6. The Balaban J connectivity index is 1.14. The van der Waals surface area contributed by atoms with Crippen LogP contribution in [0.15, 0.2) is 52.3 Å². The van der Waals surface area contributed by atoms with Gasteiger partial charge in [0, 0.05) is 24.8 Å². The number of nitrogen functional groups attached to an aromatic ring is 1. The molecule has 224 valence electrons. The van der Waals surface area contributed by atoms with Gasteiger partial charge in [-0.2, -0.15) is 0 Å². The van der Waals surface area contributed by atoms with Crippen LogP contribution < -0.4 is 32.1 Å². The van der Waals surface area contributed by atoms with Crippen molar-refractivity contribution >= 4 is 34.8 Å². The Bertz CT molecular complexity index is 1910. The van der Waals surface area contributed by atoms with E-state index in [1.807, 2.05) is 18.2 Å². The van der Waals surface area contributed by atoms with E-state index in [2.05, 4.69) is 20.6 Å². The molecule has 1 aliphatic carbocycles. The third kappa shape index (κ3) is 5.08. The maximum absolute atomic E-state index is 13.1. The number of carbonyl (C=O) groups is 3. The first-order chi connectivity index (χ1) is 21.1. The zero-order valence-corrected chi connectivity index (χ0v) is 24.0. The highest BCUT2D eigenvalue weighted by Crippen LogP contribution is 2.36. The summed E-state index contributed by atoms with van der Waals surface area (Å²) in [5.41, 5.74) is 10.2. The number of aryl methyl sites for hydroxylation is 1. The number of benzene rings is 2. The number of anilines is 3. The average molecular weight is 595 g/mol. The molecule has 0 fully saturated rings. The Morgan fingerprint density at radius 2 is 1.77 bits per heavy atom. The maximum Gasteiger partial charge on any atom is 0.335 e. The number of nitrogens with zero attached hydrogens (tertiary/aromatic N) is 3. The van der Waals surface area contributed by atoms with Crippen LogP contribution >= 0.6 is 0 Å². The monoisotopic (exact) mass is 594 g/mol. The Morgan fingerprint density at radius 1 is 1.00 bits per heavy atom. The molecule has 3 aromatic carbocycles. The minimum Gasteiger partial charge on any atom is -0.478 e. The fourth-order valence-electron chi connectivity index (χ4n) is 6.16. The number of nitrogens with two attached hydrogens (primary N) is 1. The maximum atomic E-state index is 13.1. The van der Waals surface area contributed by atoms with E-state index in [9.17, 15) is 29.1 Å². The van der Waals surface area contributed by atoms with Gasteiger partial charge in [-0.25, -0.2) is 14.8 Å². The van der Waals surface area contributed by atoms with E-state index in [1.54, 1.807) is 24.0 Å². The summed E-state index contributed by atoms with van der Waals surface area (Å²) in [6.07, 6.45) is 5.00. The highest BCUT2D eigenvalue weighted by molar-refractivity contribution is 5.97. The minimum absolute atomic E-state index is 0.0202. The van der Waals surface area contributed by atoms with Crippen molar-refractivity contribution in [2.75, 3.05) is 17.2 Å². The second kappa shape index (κ2) is 11.4. The van der Waals surface area contributed by atoms with Gasteiger partial charge in [0.15, 0.2) is 0 Å². The van der Waals surface area contributed by atoms with Crippen LogP contribution in [0, 0.1) is 6.92 Å². The average Bonchev–Trinajstić information content (AvgIpc) is 3.33. The van der Waals surface area contributed by atoms with Crippen LogP contribution in [0.25, 0.3) is 0 Å². The number of fused-ring (bicyclic) bond motifs is 2. The van der Waals surface area contributed by atoms with E-state index in [1.165, 1.54) is 6.07 Å². The molecule has 4 aromatic rings. The van der Waals surface area contributed by atoms with Crippen molar-refractivity contribution in [2.24, 2.45) is 0 Å². The first kappa shape index (κ1) is 28.7. The number of carbonyl (C=O) groups excluding carboxylic acids is 2. The quantitative estimate of drug-likeness (QED) is 0.232. The van der Waals surface area contributed by atoms with Crippen molar-refractivity contribution in [2.45, 2.75) is 51.6 Å². The van der Waals surface area contributed by atoms with Crippen molar-refractivity contribution in [3.63, 3.8) is 0 Å². The van der Waals surface area contributed by atoms with E-state index >= 15 is 0 Å². The molecule has 0 spiro atoms. The van der Waals surface area contributed by atoms with Gasteiger partial charge < -0.3 is 26.4 Å². The summed E-state index contributed by atoms with van der Waals surface area (Å²) < 4.78 is 0. The molecule has 2 amide bonds. The van der Waals surface area contributed by atoms with Crippen LogP contribution in [0.1, 0.15) is 84.5 Å². The standard InChI is InChI=1S/C32H30N6O6/c1-16-19-9-10-22(21(19)8-7-20(16)32(43)44)37-31(42)24-13-23(35-15-36-24)30(41)34-14-17-5-6-18-4-2-3-11-38(25(18)12-17)27-26(33)28(39)29(27)40/h5-8,12-13,15,22H,2-4,9-11,14,33H2,1H3,(H,34,41)(H,37,42)(H,43,44)/t22-/m0/s1. The number of carboxylic acid groups (broad SMARTS) is 1. The molecule has 0 bridgehead atoms. The van der Waals surface area contributed by atoms with E-state index in [4.69, 9.17) is 5.73 Å². The van der Waals surface area contributed by atoms with Crippen LogP contribution in [-0.2, 0) is 19.4 Å². The lowest BCUT2D eigenvalue weighted by Crippen LogP contribution is -2.41. The predicted octanol–water partition coefficient (Wildman–Crippen LogP) is 2.48. The number of rotatable bonds is 7. The van der Waals surface area contributed by atoms with Crippen LogP contribution in [-0.4, -0.2) is 39.4 Å². The van der Waals surface area contributed by atoms with Gasteiger partial charge in [0.25, 0.3) is 22.7 Å². The lowest BCUT2D eigenvalue weighted by molar-refractivity contribution is 0.0695. The molecule has 0 unspecified atom stereocenters. The zero-order valence-electron chi connectivity index (χ0n) is 24.0. The Kier molecular flexibility index (Phi) is 7.41. The fraction of sp³-hybridized carbons (Fsp3) is 0.281. The minimum atomic E-state index is -0.987. The smallest absolute Gasteiger partial charge is 0.335 e. The summed E-state index contributed by atoms with van der Waals surface area (Å²) in [5.74, 6) is -1.95. The van der Waals surface area contributed by atoms with E-state index in [0.717, 1.165) is 53.5 Å². The lowest BCUT2D eigenvalue weighted by atomic mass is 9.98. The largest absolute Gasteiger partial charge is 0.478 e. The van der Waals surface area contributed by atoms with E-state index in [-0.39, 0.29) is 40.9 Å². The van der Waals surface area contributed by atoms with E-state index in [0.29, 0.717) is 24.9 Å². The lowest BCUT2D eigenvalue weighted by Gasteiger charge is -2.27. The number of aromatic carboxylic acids is 1. The van der Waals surface area contributed by atoms with Crippen molar-refractivity contribution in [3.8, 4) is 0 Å². The molecule has 0 saturated carbocycles. The molecule has 1 aromatic heterocycles. The number of nitrogens with one attached hydrogen (secondary N) is 2. The third-order valence-electron chi connectivity index (χ3n) is 8.52. The summed E-state index contributed by atoms with van der Waals surface area (Å²) in [7, 11) is 0. The number of aromatic nitrogens is 2. The van der Waals surface area contributed by atoms with Gasteiger partial charge in [0.05, 0.1) is 11.6 Å². The Hall–Kier alpha value is -5.39. The van der Waals surface area contributed by atoms with Crippen LogP contribution in [0.4, 0.5) is 17.1 Å².